The molecule has 1 aromatic heterocycles. The van der Waals surface area contributed by atoms with Gasteiger partial charge in [-0.1, -0.05) is 0 Å². The zero-order valence-corrected chi connectivity index (χ0v) is 8.79. The van der Waals surface area contributed by atoms with E-state index in [4.69, 9.17) is 4.74 Å². The van der Waals surface area contributed by atoms with Crippen LogP contribution in [0.3, 0.4) is 0 Å². The van der Waals surface area contributed by atoms with Crippen molar-refractivity contribution >= 4 is 21.7 Å². The van der Waals surface area contributed by atoms with Crippen molar-refractivity contribution in [2.45, 2.75) is 0 Å². The van der Waals surface area contributed by atoms with E-state index in [9.17, 15) is 0 Å². The van der Waals surface area contributed by atoms with Gasteiger partial charge in [0.05, 0.1) is 17.8 Å². The Morgan fingerprint density at radius 2 is 2.17 bits per heavy atom. The molecule has 1 rings (SSSR count). The first kappa shape index (κ1) is 9.25. The lowest BCUT2D eigenvalue weighted by Gasteiger charge is -2.12. The number of ether oxygens (including phenoxy) is 1. The Morgan fingerprint density at radius 1 is 1.50 bits per heavy atom. The van der Waals surface area contributed by atoms with E-state index >= 15 is 0 Å². The number of methoxy groups -OCH3 is 1. The van der Waals surface area contributed by atoms with Crippen molar-refractivity contribution in [3.8, 4) is 6.01 Å². The molecular weight excluding hydrogens is 222 g/mol. The predicted molar refractivity (Wildman–Crippen MR) is 50.6 cm³/mol. The van der Waals surface area contributed by atoms with Crippen LogP contribution in [0.15, 0.2) is 10.7 Å². The van der Waals surface area contributed by atoms with Gasteiger partial charge in [-0.05, 0) is 15.9 Å². The maximum atomic E-state index is 4.89. The largest absolute Gasteiger partial charge is 0.467 e. The summed E-state index contributed by atoms with van der Waals surface area (Å²) in [4.78, 5) is 9.95. The highest BCUT2D eigenvalue weighted by molar-refractivity contribution is 9.10. The molecule has 0 saturated heterocycles. The van der Waals surface area contributed by atoms with E-state index in [0.29, 0.717) is 6.01 Å². The fourth-order valence-electron chi connectivity index (χ4n) is 0.754. The molecule has 1 aromatic rings. The molecule has 0 radical (unpaired) electrons. The molecule has 1 heterocycles. The number of hydrogen-bond acceptors (Lipinski definition) is 4. The summed E-state index contributed by atoms with van der Waals surface area (Å²) in [6.07, 6.45) is 1.67. The molecule has 0 atom stereocenters. The SMILES string of the molecule is COc1ncc(Br)c(N(C)C)n1. The van der Waals surface area contributed by atoms with Crippen molar-refractivity contribution in [1.29, 1.82) is 0 Å². The van der Waals surface area contributed by atoms with Gasteiger partial charge in [-0.25, -0.2) is 4.98 Å². The van der Waals surface area contributed by atoms with Crippen LogP contribution in [-0.2, 0) is 0 Å². The monoisotopic (exact) mass is 231 g/mol. The van der Waals surface area contributed by atoms with E-state index < -0.39 is 0 Å². The smallest absolute Gasteiger partial charge is 0.318 e. The summed E-state index contributed by atoms with van der Waals surface area (Å²) < 4.78 is 5.75. The lowest BCUT2D eigenvalue weighted by atomic mass is 10.5. The average molecular weight is 232 g/mol. The molecule has 12 heavy (non-hydrogen) atoms. The van der Waals surface area contributed by atoms with Gasteiger partial charge in [-0.3, -0.25) is 0 Å². The van der Waals surface area contributed by atoms with Crippen molar-refractivity contribution in [2.24, 2.45) is 0 Å². The molecule has 0 aromatic carbocycles. The average Bonchev–Trinajstić information content (AvgIpc) is 2.05. The number of rotatable bonds is 2. The molecule has 5 heteroatoms. The Kier molecular flexibility index (Phi) is 2.86. The van der Waals surface area contributed by atoms with Crippen molar-refractivity contribution in [2.75, 3.05) is 26.1 Å². The van der Waals surface area contributed by atoms with Gasteiger partial charge in [0.2, 0.25) is 0 Å². The summed E-state index contributed by atoms with van der Waals surface area (Å²) in [6, 6.07) is 0.377. The summed E-state index contributed by atoms with van der Waals surface area (Å²) >= 11 is 3.34. The molecule has 0 bridgehead atoms. The van der Waals surface area contributed by atoms with Crippen molar-refractivity contribution in [3.05, 3.63) is 10.7 Å². The lowest BCUT2D eigenvalue weighted by Crippen LogP contribution is -2.12. The highest BCUT2D eigenvalue weighted by Crippen LogP contribution is 2.22. The maximum absolute atomic E-state index is 4.89. The van der Waals surface area contributed by atoms with E-state index in [1.165, 1.54) is 0 Å². The molecule has 0 amide bonds. The Bertz CT molecular complexity index is 277. The molecule has 0 aliphatic heterocycles. The molecule has 0 N–H and O–H groups in total. The summed E-state index contributed by atoms with van der Waals surface area (Å²) in [5.74, 6) is 0.807. The highest BCUT2D eigenvalue weighted by Gasteiger charge is 2.05. The Hall–Kier alpha value is -0.840. The van der Waals surface area contributed by atoms with E-state index in [0.717, 1.165) is 10.3 Å². The highest BCUT2D eigenvalue weighted by atomic mass is 79.9. The summed E-state index contributed by atoms with van der Waals surface area (Å²) in [7, 11) is 5.36. The number of aromatic nitrogens is 2. The molecule has 66 valence electrons. The van der Waals surface area contributed by atoms with Crippen LogP contribution in [0.1, 0.15) is 0 Å². The van der Waals surface area contributed by atoms with Gasteiger partial charge >= 0.3 is 6.01 Å². The molecule has 4 nitrogen and oxygen atoms in total. The van der Waals surface area contributed by atoms with Crippen LogP contribution < -0.4 is 9.64 Å². The normalized spacial score (nSPS) is 9.67. The third-order valence-electron chi connectivity index (χ3n) is 1.31. The van der Waals surface area contributed by atoms with Gasteiger partial charge in [0.25, 0.3) is 0 Å². The Morgan fingerprint density at radius 3 is 2.67 bits per heavy atom. The molecular formula is C7H10BrN3O. The van der Waals surface area contributed by atoms with Crippen molar-refractivity contribution in [1.82, 2.24) is 9.97 Å². The van der Waals surface area contributed by atoms with Gasteiger partial charge in [-0.2, -0.15) is 4.98 Å². The molecule has 0 spiro atoms. The second kappa shape index (κ2) is 3.71. The molecule has 0 aliphatic carbocycles. The molecule has 0 aliphatic rings. The number of anilines is 1. The third-order valence-corrected chi connectivity index (χ3v) is 1.87. The Balaban J connectivity index is 3.08. The van der Waals surface area contributed by atoms with Gasteiger partial charge in [0.1, 0.15) is 5.82 Å². The van der Waals surface area contributed by atoms with Gasteiger partial charge in [-0.15, -0.1) is 0 Å². The fourth-order valence-corrected chi connectivity index (χ4v) is 1.30. The molecule has 0 saturated carbocycles. The number of hydrogen-bond donors (Lipinski definition) is 0. The minimum atomic E-state index is 0.377. The van der Waals surface area contributed by atoms with Crippen LogP contribution in [0.2, 0.25) is 0 Å². The minimum absolute atomic E-state index is 0.377. The second-order valence-electron chi connectivity index (χ2n) is 2.42. The van der Waals surface area contributed by atoms with Crippen LogP contribution >= 0.6 is 15.9 Å². The van der Waals surface area contributed by atoms with Gasteiger partial charge in [0.15, 0.2) is 0 Å². The summed E-state index contributed by atoms with van der Waals surface area (Å²) in [6.45, 7) is 0. The van der Waals surface area contributed by atoms with Crippen LogP contribution in [0.25, 0.3) is 0 Å². The van der Waals surface area contributed by atoms with Crippen LogP contribution in [0.5, 0.6) is 6.01 Å². The van der Waals surface area contributed by atoms with Crippen molar-refractivity contribution < 1.29 is 4.74 Å². The van der Waals surface area contributed by atoms with Crippen molar-refractivity contribution in [3.63, 3.8) is 0 Å². The first-order valence-corrected chi connectivity index (χ1v) is 4.18. The van der Waals surface area contributed by atoms with Crippen LogP contribution in [0.4, 0.5) is 5.82 Å². The third kappa shape index (κ3) is 1.85. The maximum Gasteiger partial charge on any atom is 0.318 e. The molecule has 0 fully saturated rings. The van der Waals surface area contributed by atoms with E-state index in [1.807, 2.05) is 19.0 Å². The van der Waals surface area contributed by atoms with E-state index in [1.54, 1.807) is 13.3 Å². The van der Waals surface area contributed by atoms with Gasteiger partial charge in [0, 0.05) is 14.1 Å². The van der Waals surface area contributed by atoms with E-state index in [2.05, 4.69) is 25.9 Å². The second-order valence-corrected chi connectivity index (χ2v) is 3.28. The number of halogens is 1. The molecule has 0 unspecified atom stereocenters. The van der Waals surface area contributed by atoms with Crippen LogP contribution in [-0.4, -0.2) is 31.2 Å². The van der Waals surface area contributed by atoms with Crippen LogP contribution in [0, 0.1) is 0 Å². The first-order valence-electron chi connectivity index (χ1n) is 3.39. The van der Waals surface area contributed by atoms with Gasteiger partial charge < -0.3 is 9.64 Å². The number of nitrogens with zero attached hydrogens (tertiary/aromatic N) is 3. The fraction of sp³-hybridized carbons (Fsp3) is 0.429. The quantitative estimate of drug-likeness (QED) is 0.770. The zero-order valence-electron chi connectivity index (χ0n) is 7.21. The Labute approximate surface area is 79.7 Å². The topological polar surface area (TPSA) is 38.2 Å². The lowest BCUT2D eigenvalue weighted by molar-refractivity contribution is 0.379. The summed E-state index contributed by atoms with van der Waals surface area (Å²) in [5.41, 5.74) is 0. The predicted octanol–water partition coefficient (Wildman–Crippen LogP) is 1.31. The summed E-state index contributed by atoms with van der Waals surface area (Å²) in [5, 5.41) is 0. The first-order chi connectivity index (χ1) is 5.65. The minimum Gasteiger partial charge on any atom is -0.467 e. The zero-order chi connectivity index (χ0) is 9.14. The van der Waals surface area contributed by atoms with E-state index in [-0.39, 0.29) is 0 Å². The standard InChI is InChI=1S/C7H10BrN3O/c1-11(2)6-5(8)4-9-7(10-6)12-3/h4H,1-3H3.